The maximum absolute atomic E-state index is 12.3. The Balaban J connectivity index is 1.54. The fourth-order valence-electron chi connectivity index (χ4n) is 3.69. The molecule has 1 aliphatic rings. The summed E-state index contributed by atoms with van der Waals surface area (Å²) in [5.74, 6) is 1.32. The van der Waals surface area contributed by atoms with Crippen molar-refractivity contribution in [3.8, 4) is 11.5 Å². The molecule has 0 radical (unpaired) electrons. The summed E-state index contributed by atoms with van der Waals surface area (Å²) >= 11 is 1.66. The van der Waals surface area contributed by atoms with E-state index in [9.17, 15) is 9.90 Å². The largest absolute Gasteiger partial charge is 0.494 e. The van der Waals surface area contributed by atoms with E-state index < -0.39 is 6.10 Å². The van der Waals surface area contributed by atoms with Crippen LogP contribution in [0.1, 0.15) is 55.4 Å². The molecule has 2 aromatic rings. The Bertz CT molecular complexity index is 763. The van der Waals surface area contributed by atoms with Gasteiger partial charge in [0, 0.05) is 21.7 Å². The third kappa shape index (κ3) is 5.06. The van der Waals surface area contributed by atoms with E-state index in [1.165, 1.54) is 17.7 Å². The van der Waals surface area contributed by atoms with Crippen LogP contribution in [0, 0.1) is 0 Å². The Labute approximate surface area is 170 Å². The van der Waals surface area contributed by atoms with Crippen LogP contribution in [-0.2, 0) is 10.2 Å². The molecule has 3 rings (SSSR count). The van der Waals surface area contributed by atoms with Gasteiger partial charge in [0.15, 0.2) is 6.61 Å². The molecular formula is C22H29NO4S. The first-order chi connectivity index (χ1) is 13.5. The summed E-state index contributed by atoms with van der Waals surface area (Å²) in [7, 11) is 0. The van der Waals surface area contributed by atoms with Crippen LogP contribution >= 0.6 is 11.3 Å². The zero-order valence-electron chi connectivity index (χ0n) is 16.6. The van der Waals surface area contributed by atoms with Crippen LogP contribution in [0.25, 0.3) is 0 Å². The van der Waals surface area contributed by atoms with Gasteiger partial charge in [0.1, 0.15) is 11.5 Å². The molecule has 1 unspecified atom stereocenters. The van der Waals surface area contributed by atoms with Gasteiger partial charge in [-0.1, -0.05) is 12.8 Å². The molecule has 1 amide bonds. The van der Waals surface area contributed by atoms with Crippen LogP contribution < -0.4 is 14.8 Å². The molecule has 1 fully saturated rings. The maximum atomic E-state index is 12.3. The fourth-order valence-corrected chi connectivity index (χ4v) is 4.88. The summed E-state index contributed by atoms with van der Waals surface area (Å²) < 4.78 is 11.0. The summed E-state index contributed by atoms with van der Waals surface area (Å²) in [5, 5.41) is 12.9. The first kappa shape index (κ1) is 20.7. The normalized spacial score (nSPS) is 16.5. The van der Waals surface area contributed by atoms with E-state index in [-0.39, 0.29) is 17.9 Å². The number of amides is 1. The number of aliphatic hydroxyl groups is 1. The highest BCUT2D eigenvalue weighted by Crippen LogP contribution is 2.44. The first-order valence-electron chi connectivity index (χ1n) is 9.93. The number of aliphatic hydroxyl groups excluding tert-OH is 1. The van der Waals surface area contributed by atoms with E-state index in [0.717, 1.165) is 23.5 Å². The monoisotopic (exact) mass is 403 g/mol. The molecule has 1 atom stereocenters. The molecular weight excluding hydrogens is 374 g/mol. The predicted molar refractivity (Wildman–Crippen MR) is 111 cm³/mol. The molecule has 28 heavy (non-hydrogen) atoms. The van der Waals surface area contributed by atoms with E-state index in [2.05, 4.69) is 11.4 Å². The van der Waals surface area contributed by atoms with E-state index in [1.807, 2.05) is 25.1 Å². The van der Waals surface area contributed by atoms with E-state index in [1.54, 1.807) is 30.4 Å². The summed E-state index contributed by atoms with van der Waals surface area (Å²) in [5.41, 5.74) is -0.0212. The van der Waals surface area contributed by atoms with Crippen molar-refractivity contribution >= 4 is 17.2 Å². The Hall–Kier alpha value is -2.05. The number of carbonyl (C=O) groups is 1. The molecule has 0 aliphatic heterocycles. The highest BCUT2D eigenvalue weighted by Gasteiger charge is 2.37. The van der Waals surface area contributed by atoms with Crippen molar-refractivity contribution in [2.45, 2.75) is 51.0 Å². The van der Waals surface area contributed by atoms with Gasteiger partial charge in [0.25, 0.3) is 5.91 Å². The lowest BCUT2D eigenvalue weighted by atomic mass is 9.84. The van der Waals surface area contributed by atoms with Crippen LogP contribution in [0.2, 0.25) is 0 Å². The summed E-state index contributed by atoms with van der Waals surface area (Å²) in [6.07, 6.45) is 4.01. The number of nitrogens with one attached hydrogen (secondary N) is 1. The van der Waals surface area contributed by atoms with Gasteiger partial charge in [0.2, 0.25) is 0 Å². The second-order valence-corrected chi connectivity index (χ2v) is 8.45. The summed E-state index contributed by atoms with van der Waals surface area (Å²) in [4.78, 5) is 14.6. The predicted octanol–water partition coefficient (Wildman–Crippen LogP) is 4.21. The third-order valence-corrected chi connectivity index (χ3v) is 6.75. The van der Waals surface area contributed by atoms with Gasteiger partial charge < -0.3 is 19.9 Å². The highest BCUT2D eigenvalue weighted by molar-refractivity contribution is 7.12. The van der Waals surface area contributed by atoms with Gasteiger partial charge >= 0.3 is 0 Å². The molecule has 1 aliphatic carbocycles. The van der Waals surface area contributed by atoms with E-state index >= 15 is 0 Å². The van der Waals surface area contributed by atoms with Crippen molar-refractivity contribution in [3.63, 3.8) is 0 Å². The van der Waals surface area contributed by atoms with Gasteiger partial charge in [-0.3, -0.25) is 4.79 Å². The lowest BCUT2D eigenvalue weighted by Gasteiger charge is -2.28. The van der Waals surface area contributed by atoms with Crippen LogP contribution in [0.3, 0.4) is 0 Å². The van der Waals surface area contributed by atoms with Crippen molar-refractivity contribution in [1.82, 2.24) is 5.32 Å². The van der Waals surface area contributed by atoms with Gasteiger partial charge in [-0.25, -0.2) is 0 Å². The molecule has 152 valence electrons. The molecule has 0 saturated heterocycles. The number of carbonyl (C=O) groups excluding carboxylic acids is 1. The van der Waals surface area contributed by atoms with Crippen molar-refractivity contribution in [2.75, 3.05) is 19.8 Å². The van der Waals surface area contributed by atoms with Crippen LogP contribution in [-0.4, -0.2) is 30.8 Å². The Morgan fingerprint density at radius 1 is 1.14 bits per heavy atom. The van der Waals surface area contributed by atoms with Gasteiger partial charge in [-0.05, 0) is 63.1 Å². The topological polar surface area (TPSA) is 67.8 Å². The van der Waals surface area contributed by atoms with E-state index in [4.69, 9.17) is 9.47 Å². The third-order valence-electron chi connectivity index (χ3n) is 5.25. The SMILES string of the molecule is CCOc1ccc(OCC(=O)NCC2(c3ccc(C(C)O)s3)CCCC2)cc1. The average molecular weight is 404 g/mol. The average Bonchev–Trinajstić information content (AvgIpc) is 3.36. The number of rotatable bonds is 9. The number of hydrogen-bond acceptors (Lipinski definition) is 5. The van der Waals surface area contributed by atoms with Crippen molar-refractivity contribution < 1.29 is 19.4 Å². The molecule has 1 aromatic carbocycles. The summed E-state index contributed by atoms with van der Waals surface area (Å²) in [6.45, 7) is 4.95. The highest BCUT2D eigenvalue weighted by atomic mass is 32.1. The zero-order valence-corrected chi connectivity index (χ0v) is 17.4. The number of hydrogen-bond donors (Lipinski definition) is 2. The first-order valence-corrected chi connectivity index (χ1v) is 10.7. The second-order valence-electron chi connectivity index (χ2n) is 7.34. The molecule has 0 bridgehead atoms. The maximum Gasteiger partial charge on any atom is 0.257 e. The summed E-state index contributed by atoms with van der Waals surface area (Å²) in [6, 6.07) is 11.4. The van der Waals surface area contributed by atoms with Crippen molar-refractivity contribution in [2.24, 2.45) is 0 Å². The Morgan fingerprint density at radius 3 is 2.36 bits per heavy atom. The minimum absolute atomic E-state index is 0.00652. The number of benzene rings is 1. The minimum atomic E-state index is -0.450. The quantitative estimate of drug-likeness (QED) is 0.658. The van der Waals surface area contributed by atoms with Crippen LogP contribution in [0.5, 0.6) is 11.5 Å². The lowest BCUT2D eigenvalue weighted by molar-refractivity contribution is -0.123. The van der Waals surface area contributed by atoms with Gasteiger partial charge in [-0.15, -0.1) is 11.3 Å². The zero-order chi connectivity index (χ0) is 20.0. The molecule has 5 nitrogen and oxygen atoms in total. The van der Waals surface area contributed by atoms with Crippen molar-refractivity contribution in [1.29, 1.82) is 0 Å². The molecule has 1 aromatic heterocycles. The van der Waals surface area contributed by atoms with Crippen LogP contribution in [0.15, 0.2) is 36.4 Å². The van der Waals surface area contributed by atoms with E-state index in [0.29, 0.717) is 18.9 Å². The van der Waals surface area contributed by atoms with Gasteiger partial charge in [-0.2, -0.15) is 0 Å². The lowest BCUT2D eigenvalue weighted by Crippen LogP contribution is -2.40. The fraction of sp³-hybridized carbons (Fsp3) is 0.500. The smallest absolute Gasteiger partial charge is 0.257 e. The molecule has 2 N–H and O–H groups in total. The Kier molecular flexibility index (Phi) is 6.97. The number of thiophene rings is 1. The second kappa shape index (κ2) is 9.43. The standard InChI is InChI=1S/C22H29NO4S/c1-3-26-17-6-8-18(9-7-17)27-14-21(25)23-15-22(12-4-5-13-22)20-11-10-19(28-20)16(2)24/h6-11,16,24H,3-5,12-15H2,1-2H3,(H,23,25). The van der Waals surface area contributed by atoms with Crippen LogP contribution in [0.4, 0.5) is 0 Å². The molecule has 1 heterocycles. The van der Waals surface area contributed by atoms with Crippen molar-refractivity contribution in [3.05, 3.63) is 46.2 Å². The Morgan fingerprint density at radius 2 is 1.79 bits per heavy atom. The molecule has 0 spiro atoms. The number of ether oxygens (including phenoxy) is 2. The molecule has 1 saturated carbocycles. The minimum Gasteiger partial charge on any atom is -0.494 e. The van der Waals surface area contributed by atoms with Gasteiger partial charge in [0.05, 0.1) is 12.7 Å². The molecule has 6 heteroatoms.